The average molecular weight is 275 g/mol. The number of carbonyl (C=O) groups is 1. The molecule has 4 nitrogen and oxygen atoms in total. The number of aryl methyl sites for hydroxylation is 1. The molecule has 0 unspecified atom stereocenters. The van der Waals surface area contributed by atoms with Crippen LogP contribution in [0, 0.1) is 0 Å². The molecule has 20 heavy (non-hydrogen) atoms. The van der Waals surface area contributed by atoms with E-state index in [-0.39, 0.29) is 6.03 Å². The van der Waals surface area contributed by atoms with Crippen LogP contribution >= 0.6 is 0 Å². The zero-order valence-corrected chi connectivity index (χ0v) is 12.3. The molecule has 1 saturated carbocycles. The van der Waals surface area contributed by atoms with E-state index in [0.717, 1.165) is 18.5 Å². The predicted octanol–water partition coefficient (Wildman–Crippen LogP) is 3.06. The second kappa shape index (κ2) is 7.17. The first-order chi connectivity index (χ1) is 9.70. The SMILES string of the molecule is C=CCN(Cc1cccn1C)C(=O)NC1CCCCC1. The van der Waals surface area contributed by atoms with Crippen molar-refractivity contribution < 1.29 is 4.79 Å². The summed E-state index contributed by atoms with van der Waals surface area (Å²) < 4.78 is 2.05. The van der Waals surface area contributed by atoms with Crippen molar-refractivity contribution in [3.8, 4) is 0 Å². The molecule has 4 heteroatoms. The third kappa shape index (κ3) is 3.89. The van der Waals surface area contributed by atoms with E-state index >= 15 is 0 Å². The molecule has 1 aliphatic carbocycles. The molecule has 1 aromatic rings. The maximum atomic E-state index is 12.4. The molecule has 1 aromatic heterocycles. The fourth-order valence-corrected chi connectivity index (χ4v) is 2.74. The Morgan fingerprint density at radius 1 is 1.50 bits per heavy atom. The highest BCUT2D eigenvalue weighted by atomic mass is 16.2. The molecule has 0 atom stereocenters. The lowest BCUT2D eigenvalue weighted by atomic mass is 9.96. The number of urea groups is 1. The minimum absolute atomic E-state index is 0.0259. The molecular formula is C16H25N3O. The molecule has 0 radical (unpaired) electrons. The number of hydrogen-bond acceptors (Lipinski definition) is 1. The van der Waals surface area contributed by atoms with Gasteiger partial charge in [0.1, 0.15) is 0 Å². The average Bonchev–Trinajstić information content (AvgIpc) is 2.85. The van der Waals surface area contributed by atoms with Gasteiger partial charge in [-0.05, 0) is 25.0 Å². The zero-order valence-electron chi connectivity index (χ0n) is 12.3. The molecule has 2 rings (SSSR count). The topological polar surface area (TPSA) is 37.3 Å². The van der Waals surface area contributed by atoms with E-state index in [1.54, 1.807) is 6.08 Å². The molecular weight excluding hydrogens is 250 g/mol. The Balaban J connectivity index is 1.94. The van der Waals surface area contributed by atoms with Crippen LogP contribution in [-0.2, 0) is 13.6 Å². The van der Waals surface area contributed by atoms with Crippen molar-refractivity contribution in [3.63, 3.8) is 0 Å². The van der Waals surface area contributed by atoms with Gasteiger partial charge >= 0.3 is 6.03 Å². The van der Waals surface area contributed by atoms with Crippen molar-refractivity contribution in [1.82, 2.24) is 14.8 Å². The Morgan fingerprint density at radius 3 is 2.85 bits per heavy atom. The lowest BCUT2D eigenvalue weighted by Crippen LogP contribution is -2.45. The summed E-state index contributed by atoms with van der Waals surface area (Å²) >= 11 is 0. The first-order valence-electron chi connectivity index (χ1n) is 7.47. The molecule has 0 aliphatic heterocycles. The normalized spacial score (nSPS) is 15.8. The van der Waals surface area contributed by atoms with E-state index in [4.69, 9.17) is 0 Å². The van der Waals surface area contributed by atoms with Crippen LogP contribution in [-0.4, -0.2) is 28.1 Å². The van der Waals surface area contributed by atoms with Gasteiger partial charge < -0.3 is 14.8 Å². The van der Waals surface area contributed by atoms with Gasteiger partial charge in [-0.3, -0.25) is 0 Å². The Labute approximate surface area is 121 Å². The monoisotopic (exact) mass is 275 g/mol. The molecule has 0 aromatic carbocycles. The van der Waals surface area contributed by atoms with E-state index in [9.17, 15) is 4.79 Å². The van der Waals surface area contributed by atoms with E-state index in [1.165, 1.54) is 19.3 Å². The van der Waals surface area contributed by atoms with Crippen molar-refractivity contribution in [2.45, 2.75) is 44.7 Å². The Hall–Kier alpha value is -1.71. The van der Waals surface area contributed by atoms with E-state index < -0.39 is 0 Å². The highest BCUT2D eigenvalue weighted by Gasteiger charge is 2.19. The number of amides is 2. The van der Waals surface area contributed by atoms with E-state index in [2.05, 4.69) is 11.9 Å². The summed E-state index contributed by atoms with van der Waals surface area (Å²) in [6.45, 7) is 4.95. The molecule has 1 N–H and O–H groups in total. The largest absolute Gasteiger partial charge is 0.353 e. The first kappa shape index (κ1) is 14.7. The van der Waals surface area contributed by atoms with Crippen LogP contribution < -0.4 is 5.32 Å². The number of carbonyl (C=O) groups excluding carboxylic acids is 1. The van der Waals surface area contributed by atoms with Crippen molar-refractivity contribution in [3.05, 3.63) is 36.7 Å². The van der Waals surface area contributed by atoms with Gasteiger partial charge in [-0.15, -0.1) is 6.58 Å². The summed E-state index contributed by atoms with van der Waals surface area (Å²) in [6.07, 6.45) is 9.75. The summed E-state index contributed by atoms with van der Waals surface area (Å²) in [4.78, 5) is 14.2. The number of nitrogens with one attached hydrogen (secondary N) is 1. The van der Waals surface area contributed by atoms with Crippen LogP contribution in [0.25, 0.3) is 0 Å². The van der Waals surface area contributed by atoms with Gasteiger partial charge in [0, 0.05) is 31.5 Å². The minimum atomic E-state index is 0.0259. The smallest absolute Gasteiger partial charge is 0.318 e. The molecule has 110 valence electrons. The quantitative estimate of drug-likeness (QED) is 0.824. The molecule has 1 aliphatic rings. The number of hydrogen-bond donors (Lipinski definition) is 1. The summed E-state index contributed by atoms with van der Waals surface area (Å²) in [5.41, 5.74) is 1.13. The highest BCUT2D eigenvalue weighted by Crippen LogP contribution is 2.17. The van der Waals surface area contributed by atoms with E-state index in [0.29, 0.717) is 19.1 Å². The maximum absolute atomic E-state index is 12.4. The number of nitrogens with zero attached hydrogens (tertiary/aromatic N) is 2. The van der Waals surface area contributed by atoms with Gasteiger partial charge in [0.2, 0.25) is 0 Å². The Bertz CT molecular complexity index is 446. The van der Waals surface area contributed by atoms with Gasteiger partial charge in [-0.1, -0.05) is 25.3 Å². The van der Waals surface area contributed by atoms with Crippen LogP contribution in [0.1, 0.15) is 37.8 Å². The third-order valence-electron chi connectivity index (χ3n) is 3.97. The molecule has 2 amide bonds. The van der Waals surface area contributed by atoms with E-state index in [1.807, 2.05) is 34.8 Å². The predicted molar refractivity (Wildman–Crippen MR) is 81.4 cm³/mol. The van der Waals surface area contributed by atoms with Crippen molar-refractivity contribution >= 4 is 6.03 Å². The lowest BCUT2D eigenvalue weighted by Gasteiger charge is -2.28. The summed E-state index contributed by atoms with van der Waals surface area (Å²) in [5, 5.41) is 3.17. The molecule has 0 saturated heterocycles. The van der Waals surface area contributed by atoms with Gasteiger partial charge in [-0.2, -0.15) is 0 Å². The van der Waals surface area contributed by atoms with Gasteiger partial charge in [0.25, 0.3) is 0 Å². The standard InChI is InChI=1S/C16H25N3O/c1-3-11-19(13-15-10-7-12-18(15)2)16(20)17-14-8-5-4-6-9-14/h3,7,10,12,14H,1,4-6,8-9,11,13H2,2H3,(H,17,20). The van der Waals surface area contributed by atoms with Crippen LogP contribution in [0.5, 0.6) is 0 Å². The van der Waals surface area contributed by atoms with Crippen LogP contribution in [0.4, 0.5) is 4.79 Å². The van der Waals surface area contributed by atoms with Crippen LogP contribution in [0.15, 0.2) is 31.0 Å². The van der Waals surface area contributed by atoms with Crippen molar-refractivity contribution in [2.75, 3.05) is 6.54 Å². The van der Waals surface area contributed by atoms with Crippen LogP contribution in [0.2, 0.25) is 0 Å². The first-order valence-corrected chi connectivity index (χ1v) is 7.47. The zero-order chi connectivity index (χ0) is 14.4. The minimum Gasteiger partial charge on any atom is -0.353 e. The number of rotatable bonds is 5. The summed E-state index contributed by atoms with van der Waals surface area (Å²) in [5.74, 6) is 0. The van der Waals surface area contributed by atoms with Crippen molar-refractivity contribution in [1.29, 1.82) is 0 Å². The van der Waals surface area contributed by atoms with Crippen molar-refractivity contribution in [2.24, 2.45) is 7.05 Å². The molecule has 0 bridgehead atoms. The fraction of sp³-hybridized carbons (Fsp3) is 0.562. The lowest BCUT2D eigenvalue weighted by molar-refractivity contribution is 0.192. The highest BCUT2D eigenvalue weighted by molar-refractivity contribution is 5.74. The third-order valence-corrected chi connectivity index (χ3v) is 3.97. The summed E-state index contributed by atoms with van der Waals surface area (Å²) in [7, 11) is 2.00. The second-order valence-corrected chi connectivity index (χ2v) is 5.56. The van der Waals surface area contributed by atoms with Gasteiger partial charge in [0.05, 0.1) is 6.54 Å². The molecule has 1 fully saturated rings. The molecule has 1 heterocycles. The molecule has 0 spiro atoms. The van der Waals surface area contributed by atoms with Crippen LogP contribution in [0.3, 0.4) is 0 Å². The van der Waals surface area contributed by atoms with Gasteiger partial charge in [-0.25, -0.2) is 4.79 Å². The fourth-order valence-electron chi connectivity index (χ4n) is 2.74. The Morgan fingerprint density at radius 2 is 2.25 bits per heavy atom. The summed E-state index contributed by atoms with van der Waals surface area (Å²) in [6, 6.07) is 4.42. The Kier molecular flexibility index (Phi) is 5.27. The second-order valence-electron chi connectivity index (χ2n) is 5.56. The number of aromatic nitrogens is 1. The van der Waals surface area contributed by atoms with Gasteiger partial charge in [0.15, 0.2) is 0 Å². The maximum Gasteiger partial charge on any atom is 0.318 e.